The number of benzene rings is 1. The summed E-state index contributed by atoms with van der Waals surface area (Å²) in [4.78, 5) is 11.7. The molecule has 5 nitrogen and oxygen atoms in total. The van der Waals surface area contributed by atoms with E-state index in [1.54, 1.807) is 32.2 Å². The number of rotatable bonds is 4. The molecule has 0 amide bonds. The Morgan fingerprint density at radius 2 is 1.95 bits per heavy atom. The Bertz CT molecular complexity index is 518. The van der Waals surface area contributed by atoms with E-state index in [1.165, 1.54) is 14.2 Å². The third kappa shape index (κ3) is 1.93. The summed E-state index contributed by atoms with van der Waals surface area (Å²) in [5, 5.41) is -1.51. The van der Waals surface area contributed by atoms with Crippen molar-refractivity contribution in [3.8, 4) is 11.5 Å². The number of alkyl halides is 1. The highest BCUT2D eigenvalue weighted by Crippen LogP contribution is 2.61. The van der Waals surface area contributed by atoms with Crippen LogP contribution in [0.4, 0.5) is 0 Å². The van der Waals surface area contributed by atoms with Crippen molar-refractivity contribution in [3.05, 3.63) is 23.8 Å². The van der Waals surface area contributed by atoms with Gasteiger partial charge in [-0.1, -0.05) is 11.6 Å². The molecule has 0 N–H and O–H groups in total. The molecule has 1 aromatic carbocycles. The zero-order valence-electron chi connectivity index (χ0n) is 11.2. The molecule has 0 bridgehead atoms. The zero-order valence-corrected chi connectivity index (χ0v) is 11.9. The molecule has 19 heavy (non-hydrogen) atoms. The Labute approximate surface area is 116 Å². The standard InChI is InChI=1S/C13H15ClO5/c1-12(13(14,19-12)11(15)18-4)9-6-5-8(16-2)7-10(9)17-3/h5-7H,1-4H3. The highest BCUT2D eigenvalue weighted by Gasteiger charge is 2.74. The normalized spacial score (nSPS) is 28.7. The lowest BCUT2D eigenvalue weighted by atomic mass is 9.95. The van der Waals surface area contributed by atoms with Gasteiger partial charge in [-0.25, -0.2) is 4.79 Å². The summed E-state index contributed by atoms with van der Waals surface area (Å²) in [7, 11) is 4.35. The Hall–Kier alpha value is -1.46. The third-order valence-electron chi connectivity index (χ3n) is 3.29. The van der Waals surface area contributed by atoms with E-state index in [4.69, 9.17) is 25.8 Å². The van der Waals surface area contributed by atoms with E-state index in [9.17, 15) is 4.79 Å². The van der Waals surface area contributed by atoms with Gasteiger partial charge in [0.25, 0.3) is 5.06 Å². The first-order chi connectivity index (χ1) is 8.92. The maximum atomic E-state index is 11.7. The summed E-state index contributed by atoms with van der Waals surface area (Å²) >= 11 is 6.16. The number of carbonyl (C=O) groups excluding carboxylic acids is 1. The van der Waals surface area contributed by atoms with Gasteiger partial charge >= 0.3 is 5.97 Å². The lowest BCUT2D eigenvalue weighted by Crippen LogP contribution is -2.27. The van der Waals surface area contributed by atoms with Crippen LogP contribution in [0, 0.1) is 0 Å². The van der Waals surface area contributed by atoms with Gasteiger partial charge in [-0.3, -0.25) is 0 Å². The minimum absolute atomic E-state index is 0.535. The van der Waals surface area contributed by atoms with Gasteiger partial charge < -0.3 is 18.9 Å². The fourth-order valence-corrected chi connectivity index (χ4v) is 2.38. The molecule has 2 unspecified atom stereocenters. The fourth-order valence-electron chi connectivity index (χ4n) is 2.04. The van der Waals surface area contributed by atoms with Crippen LogP contribution in [0.1, 0.15) is 12.5 Å². The monoisotopic (exact) mass is 286 g/mol. The first kappa shape index (κ1) is 14.0. The molecular formula is C13H15ClO5. The molecule has 1 heterocycles. The Morgan fingerprint density at radius 3 is 2.47 bits per heavy atom. The summed E-state index contributed by atoms with van der Waals surface area (Å²) in [6, 6.07) is 5.21. The Balaban J connectivity index is 2.41. The van der Waals surface area contributed by atoms with Crippen LogP contribution in [0.3, 0.4) is 0 Å². The number of epoxide rings is 1. The molecule has 1 saturated heterocycles. The fraction of sp³-hybridized carbons (Fsp3) is 0.462. The number of hydrogen-bond acceptors (Lipinski definition) is 5. The van der Waals surface area contributed by atoms with Crippen molar-refractivity contribution in [2.45, 2.75) is 17.6 Å². The van der Waals surface area contributed by atoms with Gasteiger partial charge in [0.05, 0.1) is 21.3 Å². The second kappa shape index (κ2) is 4.58. The van der Waals surface area contributed by atoms with Crippen molar-refractivity contribution in [1.29, 1.82) is 0 Å². The van der Waals surface area contributed by atoms with Crippen LogP contribution in [0.15, 0.2) is 18.2 Å². The first-order valence-electron chi connectivity index (χ1n) is 5.63. The molecule has 0 aliphatic carbocycles. The molecule has 0 saturated carbocycles. The predicted molar refractivity (Wildman–Crippen MR) is 68.6 cm³/mol. The van der Waals surface area contributed by atoms with Crippen molar-refractivity contribution in [2.24, 2.45) is 0 Å². The smallest absolute Gasteiger partial charge is 0.357 e. The van der Waals surface area contributed by atoms with E-state index < -0.39 is 16.6 Å². The van der Waals surface area contributed by atoms with Crippen LogP contribution in [-0.2, 0) is 19.9 Å². The second-order valence-electron chi connectivity index (χ2n) is 4.29. The van der Waals surface area contributed by atoms with Gasteiger partial charge in [-0.15, -0.1) is 0 Å². The number of hydrogen-bond donors (Lipinski definition) is 0. The summed E-state index contributed by atoms with van der Waals surface area (Å²) in [5.41, 5.74) is -0.324. The molecule has 0 spiro atoms. The van der Waals surface area contributed by atoms with Crippen molar-refractivity contribution in [2.75, 3.05) is 21.3 Å². The molecule has 104 valence electrons. The lowest BCUT2D eigenvalue weighted by Gasteiger charge is -2.14. The van der Waals surface area contributed by atoms with Crippen LogP contribution >= 0.6 is 11.6 Å². The van der Waals surface area contributed by atoms with E-state index >= 15 is 0 Å². The maximum Gasteiger partial charge on any atom is 0.357 e. The van der Waals surface area contributed by atoms with Gasteiger partial charge in [0.15, 0.2) is 5.60 Å². The van der Waals surface area contributed by atoms with Crippen LogP contribution < -0.4 is 9.47 Å². The molecule has 2 rings (SSSR count). The van der Waals surface area contributed by atoms with Gasteiger partial charge in [-0.05, 0) is 19.1 Å². The number of halogens is 1. The third-order valence-corrected chi connectivity index (χ3v) is 3.88. The van der Waals surface area contributed by atoms with Gasteiger partial charge in [-0.2, -0.15) is 0 Å². The summed E-state index contributed by atoms with van der Waals surface area (Å²) in [5.74, 6) is 0.547. The van der Waals surface area contributed by atoms with Crippen LogP contribution in [0.25, 0.3) is 0 Å². The van der Waals surface area contributed by atoms with Gasteiger partial charge in [0, 0.05) is 11.6 Å². The van der Waals surface area contributed by atoms with Crippen molar-refractivity contribution < 1.29 is 23.7 Å². The molecule has 0 radical (unpaired) electrons. The average Bonchev–Trinajstić information content (AvgIpc) is 3.01. The molecule has 0 aromatic heterocycles. The highest BCUT2D eigenvalue weighted by molar-refractivity contribution is 6.35. The maximum absolute atomic E-state index is 11.7. The molecule has 2 atom stereocenters. The quantitative estimate of drug-likeness (QED) is 0.482. The Morgan fingerprint density at radius 1 is 1.26 bits per heavy atom. The van der Waals surface area contributed by atoms with Crippen molar-refractivity contribution in [1.82, 2.24) is 0 Å². The van der Waals surface area contributed by atoms with Gasteiger partial charge in [0.1, 0.15) is 11.5 Å². The predicted octanol–water partition coefficient (Wildman–Crippen LogP) is 2.06. The SMILES string of the molecule is COC(=O)C1(Cl)OC1(C)c1ccc(OC)cc1OC. The van der Waals surface area contributed by atoms with E-state index in [1.807, 2.05) is 0 Å². The lowest BCUT2D eigenvalue weighted by molar-refractivity contribution is -0.143. The summed E-state index contributed by atoms with van der Waals surface area (Å²) in [6.07, 6.45) is 0. The molecule has 1 aromatic rings. The second-order valence-corrected chi connectivity index (χ2v) is 4.82. The Kier molecular flexibility index (Phi) is 3.36. The van der Waals surface area contributed by atoms with E-state index in [0.717, 1.165) is 0 Å². The average molecular weight is 287 g/mol. The molecule has 1 fully saturated rings. The highest BCUT2D eigenvalue weighted by atomic mass is 35.5. The van der Waals surface area contributed by atoms with Crippen LogP contribution in [-0.4, -0.2) is 32.4 Å². The van der Waals surface area contributed by atoms with Crippen molar-refractivity contribution >= 4 is 17.6 Å². The molecule has 6 heteroatoms. The van der Waals surface area contributed by atoms with Crippen molar-refractivity contribution in [3.63, 3.8) is 0 Å². The number of ether oxygens (including phenoxy) is 4. The molecular weight excluding hydrogens is 272 g/mol. The summed E-state index contributed by atoms with van der Waals surface area (Å²) < 4.78 is 20.5. The zero-order chi connectivity index (χ0) is 14.3. The first-order valence-corrected chi connectivity index (χ1v) is 6.00. The largest absolute Gasteiger partial charge is 0.497 e. The van der Waals surface area contributed by atoms with Gasteiger partial charge in [0.2, 0.25) is 0 Å². The topological polar surface area (TPSA) is 57.3 Å². The molecule has 1 aliphatic heterocycles. The van der Waals surface area contributed by atoms with Crippen LogP contribution in [0.5, 0.6) is 11.5 Å². The van der Waals surface area contributed by atoms with E-state index in [2.05, 4.69) is 4.74 Å². The number of carbonyl (C=O) groups is 1. The minimum Gasteiger partial charge on any atom is -0.497 e. The number of methoxy groups -OCH3 is 3. The molecule has 1 aliphatic rings. The number of esters is 1. The minimum atomic E-state index is -1.51. The summed E-state index contributed by atoms with van der Waals surface area (Å²) in [6.45, 7) is 1.71. The van der Waals surface area contributed by atoms with E-state index in [-0.39, 0.29) is 0 Å². The van der Waals surface area contributed by atoms with Crippen LogP contribution in [0.2, 0.25) is 0 Å². The van der Waals surface area contributed by atoms with E-state index in [0.29, 0.717) is 17.1 Å².